The Morgan fingerprint density at radius 2 is 1.88 bits per heavy atom. The second kappa shape index (κ2) is 9.20. The Labute approximate surface area is 151 Å². The molecule has 0 unspecified atom stereocenters. The van der Waals surface area contributed by atoms with Crippen molar-refractivity contribution in [3.8, 4) is 0 Å². The SMILES string of the molecule is CCCN(CC1CC1)C(=O)NCc1ccc(CN2CCOCC2)cc1. The first-order valence-corrected chi connectivity index (χ1v) is 9.65. The van der Waals surface area contributed by atoms with Crippen LogP contribution in [-0.4, -0.2) is 55.2 Å². The molecule has 0 radical (unpaired) electrons. The molecule has 0 aromatic heterocycles. The Balaban J connectivity index is 1.44. The fraction of sp³-hybridized carbons (Fsp3) is 0.650. The van der Waals surface area contributed by atoms with Gasteiger partial charge >= 0.3 is 6.03 Å². The van der Waals surface area contributed by atoms with Gasteiger partial charge in [0.1, 0.15) is 0 Å². The van der Waals surface area contributed by atoms with E-state index in [1.54, 1.807) is 0 Å². The summed E-state index contributed by atoms with van der Waals surface area (Å²) >= 11 is 0. The number of amides is 2. The van der Waals surface area contributed by atoms with E-state index in [9.17, 15) is 4.79 Å². The second-order valence-corrected chi connectivity index (χ2v) is 7.25. The van der Waals surface area contributed by atoms with Gasteiger partial charge in [0.25, 0.3) is 0 Å². The van der Waals surface area contributed by atoms with E-state index in [2.05, 4.69) is 41.4 Å². The largest absolute Gasteiger partial charge is 0.379 e. The van der Waals surface area contributed by atoms with Crippen molar-refractivity contribution in [3.63, 3.8) is 0 Å². The van der Waals surface area contributed by atoms with Gasteiger partial charge in [-0.3, -0.25) is 4.90 Å². The van der Waals surface area contributed by atoms with Crippen LogP contribution >= 0.6 is 0 Å². The van der Waals surface area contributed by atoms with Gasteiger partial charge in [0.15, 0.2) is 0 Å². The molecule has 2 fully saturated rings. The predicted octanol–water partition coefficient (Wildman–Crippen LogP) is 2.85. The number of carbonyl (C=O) groups is 1. The minimum atomic E-state index is 0.0751. The Bertz CT molecular complexity index is 536. The van der Waals surface area contributed by atoms with Gasteiger partial charge in [-0.15, -0.1) is 0 Å². The standard InChI is InChI=1S/C20H31N3O2/c1-2-9-23(16-19-7-8-19)20(24)21-14-17-3-5-18(6-4-17)15-22-10-12-25-13-11-22/h3-6,19H,2,7-16H2,1H3,(H,21,24). The topological polar surface area (TPSA) is 44.8 Å². The zero-order valence-corrected chi connectivity index (χ0v) is 15.4. The number of ether oxygens (including phenoxy) is 1. The molecule has 1 aliphatic heterocycles. The van der Waals surface area contributed by atoms with Crippen LogP contribution in [0.1, 0.15) is 37.3 Å². The molecule has 1 aliphatic carbocycles. The van der Waals surface area contributed by atoms with Crippen molar-refractivity contribution in [1.29, 1.82) is 0 Å². The van der Waals surface area contributed by atoms with Crippen LogP contribution in [-0.2, 0) is 17.8 Å². The molecule has 0 bridgehead atoms. The quantitative estimate of drug-likeness (QED) is 0.788. The molecule has 1 saturated carbocycles. The number of benzene rings is 1. The van der Waals surface area contributed by atoms with Gasteiger partial charge < -0.3 is 15.0 Å². The first kappa shape index (κ1) is 18.2. The zero-order chi connectivity index (χ0) is 17.5. The van der Waals surface area contributed by atoms with Gasteiger partial charge in [-0.2, -0.15) is 0 Å². The normalized spacial score (nSPS) is 18.1. The minimum Gasteiger partial charge on any atom is -0.379 e. The summed E-state index contributed by atoms with van der Waals surface area (Å²) in [5.74, 6) is 0.733. The summed E-state index contributed by atoms with van der Waals surface area (Å²) in [6, 6.07) is 8.67. The summed E-state index contributed by atoms with van der Waals surface area (Å²) in [5.41, 5.74) is 2.47. The van der Waals surface area contributed by atoms with E-state index in [0.717, 1.165) is 63.8 Å². The molecule has 0 atom stereocenters. The molecule has 5 heteroatoms. The van der Waals surface area contributed by atoms with Crippen molar-refractivity contribution in [2.45, 2.75) is 39.3 Å². The van der Waals surface area contributed by atoms with Gasteiger partial charge in [-0.25, -0.2) is 4.79 Å². The van der Waals surface area contributed by atoms with Crippen molar-refractivity contribution in [2.24, 2.45) is 5.92 Å². The molecular weight excluding hydrogens is 314 g/mol. The van der Waals surface area contributed by atoms with Crippen LogP contribution in [0.4, 0.5) is 4.79 Å². The summed E-state index contributed by atoms with van der Waals surface area (Å²) in [6.07, 6.45) is 3.56. The molecule has 5 nitrogen and oxygen atoms in total. The summed E-state index contributed by atoms with van der Waals surface area (Å²) in [6.45, 7) is 9.14. The molecule has 1 aromatic rings. The molecule has 1 saturated heterocycles. The van der Waals surface area contributed by atoms with Crippen LogP contribution in [0.3, 0.4) is 0 Å². The van der Waals surface area contributed by atoms with Crippen molar-refractivity contribution in [1.82, 2.24) is 15.1 Å². The highest BCUT2D eigenvalue weighted by Crippen LogP contribution is 2.29. The number of carbonyl (C=O) groups excluding carboxylic acids is 1. The van der Waals surface area contributed by atoms with E-state index in [1.165, 1.54) is 18.4 Å². The first-order valence-electron chi connectivity index (χ1n) is 9.65. The van der Waals surface area contributed by atoms with E-state index in [1.807, 2.05) is 4.90 Å². The molecular formula is C20H31N3O2. The van der Waals surface area contributed by atoms with E-state index in [4.69, 9.17) is 4.74 Å². The molecule has 0 spiro atoms. The second-order valence-electron chi connectivity index (χ2n) is 7.25. The fourth-order valence-electron chi connectivity index (χ4n) is 3.23. The Hall–Kier alpha value is -1.59. The first-order chi connectivity index (χ1) is 12.2. The summed E-state index contributed by atoms with van der Waals surface area (Å²) < 4.78 is 5.39. The maximum atomic E-state index is 12.4. The molecule has 2 amide bonds. The number of rotatable bonds is 8. The lowest BCUT2D eigenvalue weighted by atomic mass is 10.1. The maximum absolute atomic E-state index is 12.4. The monoisotopic (exact) mass is 345 g/mol. The third kappa shape index (κ3) is 6.01. The van der Waals surface area contributed by atoms with Gasteiger partial charge in [-0.05, 0) is 36.3 Å². The van der Waals surface area contributed by atoms with Gasteiger partial charge in [-0.1, -0.05) is 31.2 Å². The Morgan fingerprint density at radius 3 is 2.52 bits per heavy atom. The van der Waals surface area contributed by atoms with Crippen LogP contribution in [0.25, 0.3) is 0 Å². The van der Waals surface area contributed by atoms with E-state index in [-0.39, 0.29) is 6.03 Å². The average Bonchev–Trinajstić information content (AvgIpc) is 3.45. The van der Waals surface area contributed by atoms with E-state index < -0.39 is 0 Å². The third-order valence-electron chi connectivity index (χ3n) is 4.93. The van der Waals surface area contributed by atoms with Gasteiger partial charge in [0.2, 0.25) is 0 Å². The van der Waals surface area contributed by atoms with Gasteiger partial charge in [0.05, 0.1) is 13.2 Å². The van der Waals surface area contributed by atoms with E-state index >= 15 is 0 Å². The van der Waals surface area contributed by atoms with Crippen molar-refractivity contribution in [3.05, 3.63) is 35.4 Å². The zero-order valence-electron chi connectivity index (χ0n) is 15.4. The van der Waals surface area contributed by atoms with Crippen LogP contribution in [0.5, 0.6) is 0 Å². The molecule has 2 aliphatic rings. The summed E-state index contributed by atoms with van der Waals surface area (Å²) in [4.78, 5) is 16.8. The van der Waals surface area contributed by atoms with Crippen molar-refractivity contribution >= 4 is 6.03 Å². The van der Waals surface area contributed by atoms with Crippen LogP contribution < -0.4 is 5.32 Å². The smallest absolute Gasteiger partial charge is 0.317 e. The maximum Gasteiger partial charge on any atom is 0.317 e. The highest BCUT2D eigenvalue weighted by atomic mass is 16.5. The fourth-order valence-corrected chi connectivity index (χ4v) is 3.23. The van der Waals surface area contributed by atoms with Crippen LogP contribution in [0.2, 0.25) is 0 Å². The number of urea groups is 1. The Kier molecular flexibility index (Phi) is 6.70. The average molecular weight is 345 g/mol. The molecule has 1 heterocycles. The Morgan fingerprint density at radius 1 is 1.20 bits per heavy atom. The molecule has 3 rings (SSSR count). The number of hydrogen-bond donors (Lipinski definition) is 1. The minimum absolute atomic E-state index is 0.0751. The summed E-state index contributed by atoms with van der Waals surface area (Å²) in [5, 5.41) is 3.08. The lowest BCUT2D eigenvalue weighted by Gasteiger charge is -2.26. The molecule has 1 N–H and O–H groups in total. The van der Waals surface area contributed by atoms with Crippen molar-refractivity contribution in [2.75, 3.05) is 39.4 Å². The molecule has 1 aromatic carbocycles. The van der Waals surface area contributed by atoms with Crippen LogP contribution in [0.15, 0.2) is 24.3 Å². The lowest BCUT2D eigenvalue weighted by Crippen LogP contribution is -2.41. The number of hydrogen-bond acceptors (Lipinski definition) is 3. The highest BCUT2D eigenvalue weighted by Gasteiger charge is 2.26. The number of nitrogens with one attached hydrogen (secondary N) is 1. The highest BCUT2D eigenvalue weighted by molar-refractivity contribution is 5.74. The predicted molar refractivity (Wildman–Crippen MR) is 99.4 cm³/mol. The van der Waals surface area contributed by atoms with Crippen LogP contribution in [0, 0.1) is 5.92 Å². The summed E-state index contributed by atoms with van der Waals surface area (Å²) in [7, 11) is 0. The lowest BCUT2D eigenvalue weighted by molar-refractivity contribution is 0.0342. The van der Waals surface area contributed by atoms with E-state index in [0.29, 0.717) is 6.54 Å². The molecule has 138 valence electrons. The third-order valence-corrected chi connectivity index (χ3v) is 4.93. The van der Waals surface area contributed by atoms with Gasteiger partial charge in [0, 0.05) is 39.3 Å². The number of morpholine rings is 1. The molecule has 25 heavy (non-hydrogen) atoms. The van der Waals surface area contributed by atoms with Crippen molar-refractivity contribution < 1.29 is 9.53 Å². The number of nitrogens with zero attached hydrogens (tertiary/aromatic N) is 2.